The summed E-state index contributed by atoms with van der Waals surface area (Å²) in [6, 6.07) is 16.9. The van der Waals surface area contributed by atoms with Crippen LogP contribution in [0.5, 0.6) is 0 Å². The van der Waals surface area contributed by atoms with Gasteiger partial charge in [-0.05, 0) is 35.2 Å². The fourth-order valence-electron chi connectivity index (χ4n) is 3.47. The van der Waals surface area contributed by atoms with Crippen molar-refractivity contribution >= 4 is 15.7 Å². The molecule has 2 aromatic carbocycles. The van der Waals surface area contributed by atoms with Gasteiger partial charge in [0.1, 0.15) is 0 Å². The molecule has 140 valence electrons. The topological polar surface area (TPSA) is 52.7 Å². The molecule has 1 unspecified atom stereocenters. The summed E-state index contributed by atoms with van der Waals surface area (Å²) in [5.74, 6) is 0. The van der Waals surface area contributed by atoms with Gasteiger partial charge in [0, 0.05) is 45.5 Å². The van der Waals surface area contributed by atoms with Gasteiger partial charge in [-0.2, -0.15) is 0 Å². The van der Waals surface area contributed by atoms with Gasteiger partial charge in [-0.1, -0.05) is 36.4 Å². The van der Waals surface area contributed by atoms with E-state index in [1.54, 1.807) is 0 Å². The van der Waals surface area contributed by atoms with Crippen LogP contribution < -0.4 is 9.62 Å². The molecule has 0 aliphatic carbocycles. The Kier molecular flexibility index (Phi) is 5.65. The molecule has 0 radical (unpaired) electrons. The zero-order valence-corrected chi connectivity index (χ0v) is 16.5. The molecule has 1 N–H and O–H groups in total. The minimum Gasteiger partial charge on any atom is -0.378 e. The van der Waals surface area contributed by atoms with Crippen molar-refractivity contribution in [1.82, 2.24) is 9.62 Å². The summed E-state index contributed by atoms with van der Waals surface area (Å²) in [6.45, 7) is 2.13. The maximum Gasteiger partial charge on any atom is 0.208 e. The number of nitrogens with one attached hydrogen (secondary N) is 1. The number of anilines is 1. The fourth-order valence-corrected chi connectivity index (χ4v) is 3.93. The van der Waals surface area contributed by atoms with Gasteiger partial charge >= 0.3 is 0 Å². The first-order chi connectivity index (χ1) is 12.3. The molecule has 0 spiro atoms. The molecule has 1 aliphatic heterocycles. The molecule has 0 fully saturated rings. The van der Waals surface area contributed by atoms with E-state index in [1.165, 1.54) is 17.4 Å². The normalized spacial score (nSPS) is 16.1. The van der Waals surface area contributed by atoms with Crippen LogP contribution in [0.15, 0.2) is 48.5 Å². The van der Waals surface area contributed by atoms with E-state index in [4.69, 9.17) is 0 Å². The molecule has 1 heterocycles. The predicted molar refractivity (Wildman–Crippen MR) is 107 cm³/mol. The average molecular weight is 374 g/mol. The summed E-state index contributed by atoms with van der Waals surface area (Å²) >= 11 is 0. The second-order valence-electron chi connectivity index (χ2n) is 7.11. The minimum absolute atomic E-state index is 0.00860. The first-order valence-electron chi connectivity index (χ1n) is 8.86. The molecule has 1 atom stereocenters. The van der Waals surface area contributed by atoms with Gasteiger partial charge in [0.15, 0.2) is 0 Å². The van der Waals surface area contributed by atoms with Crippen molar-refractivity contribution < 1.29 is 8.42 Å². The minimum atomic E-state index is -3.23. The summed E-state index contributed by atoms with van der Waals surface area (Å²) in [6.07, 6.45) is 2.20. The highest BCUT2D eigenvalue weighted by Gasteiger charge is 2.25. The Balaban J connectivity index is 1.86. The van der Waals surface area contributed by atoms with Crippen LogP contribution in [0.25, 0.3) is 0 Å². The molecular weight excluding hydrogens is 346 g/mol. The number of hydrogen-bond donors (Lipinski definition) is 1. The van der Waals surface area contributed by atoms with Crippen LogP contribution in [-0.4, -0.2) is 46.8 Å². The number of hydrogen-bond acceptors (Lipinski definition) is 4. The van der Waals surface area contributed by atoms with Gasteiger partial charge in [0.05, 0.1) is 6.26 Å². The molecule has 6 heteroatoms. The SMILES string of the molecule is CN(C)c1ccc(C(CNS(C)(=O)=O)N2CCc3ccccc3C2)cc1. The van der Waals surface area contributed by atoms with Crippen molar-refractivity contribution in [2.24, 2.45) is 0 Å². The summed E-state index contributed by atoms with van der Waals surface area (Å²) in [5, 5.41) is 0. The van der Waals surface area contributed by atoms with Gasteiger partial charge in [-0.25, -0.2) is 13.1 Å². The standard InChI is InChI=1S/C20H27N3O2S/c1-22(2)19-10-8-17(9-11-19)20(14-21-26(3,24)25)23-13-12-16-6-4-5-7-18(16)15-23/h4-11,20-21H,12-15H2,1-3H3. The van der Waals surface area contributed by atoms with E-state index in [0.29, 0.717) is 6.54 Å². The monoisotopic (exact) mass is 373 g/mol. The van der Waals surface area contributed by atoms with Gasteiger partial charge in [-0.3, -0.25) is 4.90 Å². The molecule has 2 aromatic rings. The third-order valence-corrected chi connectivity index (χ3v) is 5.63. The zero-order valence-electron chi connectivity index (χ0n) is 15.6. The van der Waals surface area contributed by atoms with E-state index in [0.717, 1.165) is 30.8 Å². The highest BCUT2D eigenvalue weighted by molar-refractivity contribution is 7.88. The molecule has 0 saturated carbocycles. The van der Waals surface area contributed by atoms with Gasteiger partial charge < -0.3 is 4.90 Å². The molecule has 3 rings (SSSR count). The lowest BCUT2D eigenvalue weighted by Crippen LogP contribution is -2.40. The molecule has 26 heavy (non-hydrogen) atoms. The van der Waals surface area contributed by atoms with Gasteiger partial charge in [0.25, 0.3) is 0 Å². The van der Waals surface area contributed by atoms with Crippen LogP contribution >= 0.6 is 0 Å². The van der Waals surface area contributed by atoms with Crippen molar-refractivity contribution in [3.05, 3.63) is 65.2 Å². The molecule has 0 saturated heterocycles. The number of sulfonamides is 1. The second-order valence-corrected chi connectivity index (χ2v) is 8.94. The van der Waals surface area contributed by atoms with E-state index in [9.17, 15) is 8.42 Å². The van der Waals surface area contributed by atoms with E-state index in [2.05, 4.69) is 63.1 Å². The molecular formula is C20H27N3O2S. The summed E-state index contributed by atoms with van der Waals surface area (Å²) in [4.78, 5) is 4.43. The van der Waals surface area contributed by atoms with E-state index in [-0.39, 0.29) is 6.04 Å². The maximum atomic E-state index is 11.7. The smallest absolute Gasteiger partial charge is 0.208 e. The fraction of sp³-hybridized carbons (Fsp3) is 0.400. The molecule has 0 aromatic heterocycles. The van der Waals surface area contributed by atoms with E-state index in [1.807, 2.05) is 14.1 Å². The zero-order chi connectivity index (χ0) is 18.7. The Labute approximate surface area is 156 Å². The lowest BCUT2D eigenvalue weighted by molar-refractivity contribution is 0.180. The Hall–Kier alpha value is -1.89. The summed E-state index contributed by atoms with van der Waals surface area (Å²) in [7, 11) is 0.793. The predicted octanol–water partition coefficient (Wildman–Crippen LogP) is 2.40. The van der Waals surface area contributed by atoms with Crippen molar-refractivity contribution in [3.63, 3.8) is 0 Å². The van der Waals surface area contributed by atoms with Crippen LogP contribution in [-0.2, 0) is 23.0 Å². The summed E-state index contributed by atoms with van der Waals surface area (Å²) in [5.41, 5.74) is 4.98. The molecule has 0 amide bonds. The van der Waals surface area contributed by atoms with Crippen LogP contribution in [0.3, 0.4) is 0 Å². The largest absolute Gasteiger partial charge is 0.378 e. The number of rotatable bonds is 6. The Morgan fingerprint density at radius 1 is 1.08 bits per heavy atom. The van der Waals surface area contributed by atoms with Crippen LogP contribution in [0, 0.1) is 0 Å². The Morgan fingerprint density at radius 3 is 2.35 bits per heavy atom. The number of benzene rings is 2. The lowest BCUT2D eigenvalue weighted by atomic mass is 9.96. The van der Waals surface area contributed by atoms with Gasteiger partial charge in [0.2, 0.25) is 10.0 Å². The van der Waals surface area contributed by atoms with Crippen LogP contribution in [0.4, 0.5) is 5.69 Å². The van der Waals surface area contributed by atoms with Crippen LogP contribution in [0.2, 0.25) is 0 Å². The van der Waals surface area contributed by atoms with Gasteiger partial charge in [-0.15, -0.1) is 0 Å². The van der Waals surface area contributed by atoms with Crippen molar-refractivity contribution in [1.29, 1.82) is 0 Å². The Morgan fingerprint density at radius 2 is 1.73 bits per heavy atom. The van der Waals surface area contributed by atoms with E-state index >= 15 is 0 Å². The average Bonchev–Trinajstić information content (AvgIpc) is 2.61. The third kappa shape index (κ3) is 4.63. The van der Waals surface area contributed by atoms with E-state index < -0.39 is 10.0 Å². The number of nitrogens with zero attached hydrogens (tertiary/aromatic N) is 2. The Bertz CT molecular complexity index is 848. The van der Waals surface area contributed by atoms with Crippen molar-refractivity contribution in [3.8, 4) is 0 Å². The molecule has 0 bridgehead atoms. The summed E-state index contributed by atoms with van der Waals surface area (Å²) < 4.78 is 26.0. The van der Waals surface area contributed by atoms with Crippen molar-refractivity contribution in [2.75, 3.05) is 38.3 Å². The van der Waals surface area contributed by atoms with Crippen LogP contribution in [0.1, 0.15) is 22.7 Å². The third-order valence-electron chi connectivity index (χ3n) is 4.93. The maximum absolute atomic E-state index is 11.7. The highest BCUT2D eigenvalue weighted by Crippen LogP contribution is 2.28. The molecule has 1 aliphatic rings. The quantitative estimate of drug-likeness (QED) is 0.845. The van der Waals surface area contributed by atoms with Crippen molar-refractivity contribution in [2.45, 2.75) is 19.0 Å². The second kappa shape index (κ2) is 7.78. The first kappa shape index (κ1) is 18.9. The lowest BCUT2D eigenvalue weighted by Gasteiger charge is -2.36. The highest BCUT2D eigenvalue weighted by atomic mass is 32.2. The number of fused-ring (bicyclic) bond motifs is 1. The first-order valence-corrected chi connectivity index (χ1v) is 10.8. The molecule has 5 nitrogen and oxygen atoms in total.